The number of piperazine rings is 1. The zero-order valence-corrected chi connectivity index (χ0v) is 20.1. The van der Waals surface area contributed by atoms with E-state index in [2.05, 4.69) is 0 Å². The van der Waals surface area contributed by atoms with E-state index in [1.807, 2.05) is 54.8 Å². The summed E-state index contributed by atoms with van der Waals surface area (Å²) in [7, 11) is -3.81. The van der Waals surface area contributed by atoms with E-state index in [0.717, 1.165) is 16.0 Å². The molecule has 1 saturated heterocycles. The number of nitro groups is 1. The summed E-state index contributed by atoms with van der Waals surface area (Å²) in [6, 6.07) is 16.5. The molecule has 10 heteroatoms. The van der Waals surface area contributed by atoms with Gasteiger partial charge in [-0.15, -0.1) is 11.3 Å². The van der Waals surface area contributed by atoms with Crippen LogP contribution < -0.4 is 0 Å². The third-order valence-corrected chi connectivity index (χ3v) is 8.40. The van der Waals surface area contributed by atoms with Crippen LogP contribution in [0.1, 0.15) is 16.0 Å². The van der Waals surface area contributed by atoms with Gasteiger partial charge in [-0.05, 0) is 42.1 Å². The first-order valence-electron chi connectivity index (χ1n) is 10.6. The van der Waals surface area contributed by atoms with Crippen molar-refractivity contribution < 1.29 is 18.1 Å². The normalized spacial score (nSPS) is 15.3. The maximum absolute atomic E-state index is 13.4. The van der Waals surface area contributed by atoms with Gasteiger partial charge in [0.15, 0.2) is 0 Å². The summed E-state index contributed by atoms with van der Waals surface area (Å²) in [6.45, 7) is 2.79. The standard InChI is InChI=1S/C24H23N3O5S2/c1-18-4-2-5-19(16-18)17-22(23-6-3-15-33-23)24(28)25-11-13-26(14-12-25)34(31,32)21-9-7-20(8-10-21)27(29)30/h2-10,15-17H,11-14H2,1H3. The summed E-state index contributed by atoms with van der Waals surface area (Å²) < 4.78 is 27.3. The Labute approximate surface area is 202 Å². The van der Waals surface area contributed by atoms with Crippen molar-refractivity contribution in [3.05, 3.63) is 92.2 Å². The Hall–Kier alpha value is -3.34. The number of thiophene rings is 1. The van der Waals surface area contributed by atoms with E-state index in [4.69, 9.17) is 0 Å². The first kappa shape index (κ1) is 23.8. The second-order valence-corrected chi connectivity index (χ2v) is 10.8. The number of rotatable bonds is 6. The Morgan fingerprint density at radius 3 is 2.32 bits per heavy atom. The lowest BCUT2D eigenvalue weighted by Gasteiger charge is -2.34. The molecule has 0 aliphatic carbocycles. The van der Waals surface area contributed by atoms with Crippen LogP contribution in [0.25, 0.3) is 11.6 Å². The Morgan fingerprint density at radius 2 is 1.74 bits per heavy atom. The molecule has 0 atom stereocenters. The van der Waals surface area contributed by atoms with Crippen molar-refractivity contribution in [2.75, 3.05) is 26.2 Å². The topological polar surface area (TPSA) is 101 Å². The fourth-order valence-electron chi connectivity index (χ4n) is 3.79. The minimum Gasteiger partial charge on any atom is -0.336 e. The summed E-state index contributed by atoms with van der Waals surface area (Å²) in [5.41, 5.74) is 2.43. The van der Waals surface area contributed by atoms with Crippen LogP contribution in [-0.2, 0) is 14.8 Å². The average molecular weight is 498 g/mol. The smallest absolute Gasteiger partial charge is 0.269 e. The van der Waals surface area contributed by atoms with Crippen LogP contribution in [0.2, 0.25) is 0 Å². The van der Waals surface area contributed by atoms with Crippen LogP contribution in [-0.4, -0.2) is 54.6 Å². The summed E-state index contributed by atoms with van der Waals surface area (Å²) >= 11 is 1.48. The van der Waals surface area contributed by atoms with Crippen LogP contribution in [0.15, 0.2) is 70.9 Å². The Balaban J connectivity index is 1.51. The molecule has 1 aliphatic heterocycles. The molecule has 1 aromatic heterocycles. The van der Waals surface area contributed by atoms with Crippen molar-refractivity contribution >= 4 is 44.6 Å². The summed E-state index contributed by atoms with van der Waals surface area (Å²) in [6.07, 6.45) is 1.88. The van der Waals surface area contributed by atoms with E-state index in [9.17, 15) is 23.3 Å². The van der Waals surface area contributed by atoms with E-state index < -0.39 is 14.9 Å². The van der Waals surface area contributed by atoms with Gasteiger partial charge in [-0.2, -0.15) is 4.31 Å². The number of amides is 1. The molecule has 2 heterocycles. The van der Waals surface area contributed by atoms with Gasteiger partial charge in [0.25, 0.3) is 11.6 Å². The van der Waals surface area contributed by atoms with Gasteiger partial charge in [-0.3, -0.25) is 14.9 Å². The van der Waals surface area contributed by atoms with E-state index >= 15 is 0 Å². The summed E-state index contributed by atoms with van der Waals surface area (Å²) in [5.74, 6) is -0.142. The number of hydrogen-bond donors (Lipinski definition) is 0. The molecule has 8 nitrogen and oxygen atoms in total. The van der Waals surface area contributed by atoms with Gasteiger partial charge in [0.1, 0.15) is 0 Å². The SMILES string of the molecule is Cc1cccc(C=C(C(=O)N2CCN(S(=O)(=O)c3ccc([N+](=O)[O-])cc3)CC2)c2cccs2)c1. The highest BCUT2D eigenvalue weighted by atomic mass is 32.2. The van der Waals surface area contributed by atoms with Gasteiger partial charge in [-0.1, -0.05) is 35.9 Å². The Morgan fingerprint density at radius 1 is 1.03 bits per heavy atom. The largest absolute Gasteiger partial charge is 0.336 e. The molecule has 2 aromatic carbocycles. The van der Waals surface area contributed by atoms with Crippen LogP contribution >= 0.6 is 11.3 Å². The molecule has 0 N–H and O–H groups in total. The van der Waals surface area contributed by atoms with Gasteiger partial charge < -0.3 is 4.90 Å². The highest BCUT2D eigenvalue weighted by Crippen LogP contribution is 2.27. The van der Waals surface area contributed by atoms with Crippen LogP contribution in [0.3, 0.4) is 0 Å². The lowest BCUT2D eigenvalue weighted by molar-refractivity contribution is -0.384. The third-order valence-electron chi connectivity index (χ3n) is 5.58. The predicted octanol–water partition coefficient (Wildman–Crippen LogP) is 4.04. The number of sulfonamides is 1. The number of hydrogen-bond acceptors (Lipinski definition) is 6. The molecular formula is C24H23N3O5S2. The molecule has 0 saturated carbocycles. The highest BCUT2D eigenvalue weighted by Gasteiger charge is 2.31. The highest BCUT2D eigenvalue weighted by molar-refractivity contribution is 7.89. The van der Waals surface area contributed by atoms with Crippen molar-refractivity contribution in [1.29, 1.82) is 0 Å². The number of non-ortho nitro benzene ring substituents is 1. The molecule has 0 unspecified atom stereocenters. The lowest BCUT2D eigenvalue weighted by Crippen LogP contribution is -2.50. The van der Waals surface area contributed by atoms with Crippen LogP contribution in [0.4, 0.5) is 5.69 Å². The number of carbonyl (C=O) groups is 1. The molecular weight excluding hydrogens is 474 g/mol. The molecule has 4 rings (SSSR count). The minimum atomic E-state index is -3.81. The molecule has 0 bridgehead atoms. The van der Waals surface area contributed by atoms with Crippen molar-refractivity contribution in [1.82, 2.24) is 9.21 Å². The first-order chi connectivity index (χ1) is 16.3. The monoisotopic (exact) mass is 497 g/mol. The van der Waals surface area contributed by atoms with E-state index in [1.54, 1.807) is 4.90 Å². The average Bonchev–Trinajstić information content (AvgIpc) is 3.37. The first-order valence-corrected chi connectivity index (χ1v) is 12.9. The number of nitro benzene ring substituents is 1. The molecule has 176 valence electrons. The Kier molecular flexibility index (Phi) is 6.92. The fraction of sp³-hybridized carbons (Fsp3) is 0.208. The maximum Gasteiger partial charge on any atom is 0.269 e. The summed E-state index contributed by atoms with van der Waals surface area (Å²) in [5, 5.41) is 12.8. The maximum atomic E-state index is 13.4. The Bertz CT molecular complexity index is 1330. The molecule has 1 fully saturated rings. The number of carbonyl (C=O) groups excluding carboxylic acids is 1. The quantitative estimate of drug-likeness (QED) is 0.291. The van der Waals surface area contributed by atoms with Gasteiger partial charge in [0.05, 0.1) is 15.4 Å². The molecule has 3 aromatic rings. The van der Waals surface area contributed by atoms with Crippen molar-refractivity contribution in [3.63, 3.8) is 0 Å². The van der Waals surface area contributed by atoms with Gasteiger partial charge >= 0.3 is 0 Å². The van der Waals surface area contributed by atoms with E-state index in [1.165, 1.54) is 39.9 Å². The van der Waals surface area contributed by atoms with Crippen molar-refractivity contribution in [2.45, 2.75) is 11.8 Å². The van der Waals surface area contributed by atoms with Gasteiger partial charge in [0, 0.05) is 43.2 Å². The zero-order chi connectivity index (χ0) is 24.3. The van der Waals surface area contributed by atoms with Gasteiger partial charge in [0.2, 0.25) is 10.0 Å². The van der Waals surface area contributed by atoms with E-state index in [-0.39, 0.29) is 42.7 Å². The molecule has 0 spiro atoms. The fourth-order valence-corrected chi connectivity index (χ4v) is 5.94. The van der Waals surface area contributed by atoms with Crippen LogP contribution in [0, 0.1) is 17.0 Å². The van der Waals surface area contributed by atoms with Crippen molar-refractivity contribution in [2.24, 2.45) is 0 Å². The van der Waals surface area contributed by atoms with Crippen molar-refractivity contribution in [3.8, 4) is 0 Å². The molecule has 0 radical (unpaired) electrons. The predicted molar refractivity (Wildman–Crippen MR) is 132 cm³/mol. The summed E-state index contributed by atoms with van der Waals surface area (Å²) in [4.78, 5) is 26.2. The minimum absolute atomic E-state index is 0.00325. The molecule has 1 aliphatic rings. The van der Waals surface area contributed by atoms with Crippen LogP contribution in [0.5, 0.6) is 0 Å². The number of benzene rings is 2. The number of nitrogens with zero attached hydrogens (tertiary/aromatic N) is 3. The van der Waals surface area contributed by atoms with E-state index in [0.29, 0.717) is 5.57 Å². The van der Waals surface area contributed by atoms with Gasteiger partial charge in [-0.25, -0.2) is 8.42 Å². The molecule has 34 heavy (non-hydrogen) atoms. The zero-order valence-electron chi connectivity index (χ0n) is 18.5. The second kappa shape index (κ2) is 9.88. The third kappa shape index (κ3) is 5.09. The second-order valence-electron chi connectivity index (χ2n) is 7.90. The number of aryl methyl sites for hydroxylation is 1. The molecule has 1 amide bonds. The lowest BCUT2D eigenvalue weighted by atomic mass is 10.1.